The Bertz CT molecular complexity index is 969. The van der Waals surface area contributed by atoms with Gasteiger partial charge in [-0.25, -0.2) is 0 Å². The fourth-order valence-electron chi connectivity index (χ4n) is 3.56. The van der Waals surface area contributed by atoms with E-state index in [1.165, 1.54) is 0 Å². The van der Waals surface area contributed by atoms with Crippen molar-refractivity contribution in [2.75, 3.05) is 25.1 Å². The molecule has 0 aliphatic carbocycles. The predicted octanol–water partition coefficient (Wildman–Crippen LogP) is 4.14. The maximum atomic E-state index is 12.6. The van der Waals surface area contributed by atoms with E-state index in [-0.39, 0.29) is 11.9 Å². The van der Waals surface area contributed by atoms with E-state index in [0.29, 0.717) is 10.6 Å². The summed E-state index contributed by atoms with van der Waals surface area (Å²) in [5, 5.41) is 11.4. The maximum absolute atomic E-state index is 12.6. The summed E-state index contributed by atoms with van der Waals surface area (Å²) in [6.07, 6.45) is 1.95. The second-order valence-corrected chi connectivity index (χ2v) is 7.57. The molecule has 7 heteroatoms. The number of H-pyrrole nitrogens is 1. The minimum absolute atomic E-state index is 0.0663. The van der Waals surface area contributed by atoms with Crippen LogP contribution in [0.2, 0.25) is 5.02 Å². The van der Waals surface area contributed by atoms with E-state index >= 15 is 0 Å². The molecule has 1 atom stereocenters. The second kappa shape index (κ2) is 8.57. The first-order valence-corrected chi connectivity index (χ1v) is 10.0. The van der Waals surface area contributed by atoms with Crippen molar-refractivity contribution >= 4 is 23.3 Å². The number of ether oxygens (including phenoxy) is 1. The van der Waals surface area contributed by atoms with E-state index in [1.807, 2.05) is 30.3 Å². The molecule has 29 heavy (non-hydrogen) atoms. The van der Waals surface area contributed by atoms with Gasteiger partial charge in [-0.15, -0.1) is 0 Å². The number of halogens is 1. The number of aromatic amines is 1. The van der Waals surface area contributed by atoms with Crippen LogP contribution in [0.1, 0.15) is 23.2 Å². The number of benzene rings is 2. The third-order valence-corrected chi connectivity index (χ3v) is 5.40. The third kappa shape index (κ3) is 4.54. The SMILES string of the molecule is COc1ccc(C(=O)N[C@@H]2CCCN(c3cc(-c4ccc(Cl)cc4)[nH]n3)C2)cc1. The van der Waals surface area contributed by atoms with Crippen LogP contribution in [0.5, 0.6) is 5.75 Å². The number of aromatic nitrogens is 2. The van der Waals surface area contributed by atoms with Crippen LogP contribution in [0.25, 0.3) is 11.3 Å². The van der Waals surface area contributed by atoms with Gasteiger partial charge in [0.25, 0.3) is 5.91 Å². The van der Waals surface area contributed by atoms with Crippen molar-refractivity contribution < 1.29 is 9.53 Å². The lowest BCUT2D eigenvalue weighted by Crippen LogP contribution is -2.48. The molecule has 4 rings (SSSR count). The first-order valence-electron chi connectivity index (χ1n) is 9.63. The molecule has 6 nitrogen and oxygen atoms in total. The van der Waals surface area contributed by atoms with Crippen LogP contribution in [0.15, 0.2) is 54.6 Å². The topological polar surface area (TPSA) is 70.2 Å². The Kier molecular flexibility index (Phi) is 5.71. The van der Waals surface area contributed by atoms with Crippen molar-refractivity contribution in [2.45, 2.75) is 18.9 Å². The standard InChI is InChI=1S/C22H23ClN4O2/c1-29-19-10-6-16(7-11-19)22(28)24-18-3-2-12-27(14-18)21-13-20(25-26-21)15-4-8-17(23)9-5-15/h4-11,13,18H,2-3,12,14H2,1H3,(H,24,28)(H,25,26)/t18-/m1/s1. The van der Waals surface area contributed by atoms with Crippen molar-refractivity contribution in [1.82, 2.24) is 15.5 Å². The van der Waals surface area contributed by atoms with Crippen LogP contribution < -0.4 is 15.0 Å². The molecule has 1 saturated heterocycles. The Morgan fingerprint density at radius 3 is 2.69 bits per heavy atom. The number of amides is 1. The number of hydrogen-bond acceptors (Lipinski definition) is 4. The molecule has 1 aromatic heterocycles. The number of rotatable bonds is 5. The smallest absolute Gasteiger partial charge is 0.251 e. The van der Waals surface area contributed by atoms with E-state index < -0.39 is 0 Å². The first-order chi connectivity index (χ1) is 14.1. The van der Waals surface area contributed by atoms with Gasteiger partial charge < -0.3 is 15.0 Å². The second-order valence-electron chi connectivity index (χ2n) is 7.13. The van der Waals surface area contributed by atoms with Gasteiger partial charge in [0.2, 0.25) is 0 Å². The predicted molar refractivity (Wildman–Crippen MR) is 115 cm³/mol. The lowest BCUT2D eigenvalue weighted by atomic mass is 10.0. The van der Waals surface area contributed by atoms with Crippen LogP contribution in [0, 0.1) is 0 Å². The highest BCUT2D eigenvalue weighted by Gasteiger charge is 2.23. The molecule has 150 valence electrons. The molecule has 2 heterocycles. The summed E-state index contributed by atoms with van der Waals surface area (Å²) in [6, 6.07) is 16.9. The van der Waals surface area contributed by atoms with E-state index in [0.717, 1.165) is 48.8 Å². The van der Waals surface area contributed by atoms with Crippen molar-refractivity contribution in [3.8, 4) is 17.0 Å². The van der Waals surface area contributed by atoms with Crippen LogP contribution in [-0.2, 0) is 0 Å². The van der Waals surface area contributed by atoms with Gasteiger partial charge in [0.05, 0.1) is 12.8 Å². The molecule has 0 radical (unpaired) electrons. The minimum Gasteiger partial charge on any atom is -0.497 e. The Balaban J connectivity index is 1.40. The number of carbonyl (C=O) groups is 1. The van der Waals surface area contributed by atoms with Crippen LogP contribution in [0.3, 0.4) is 0 Å². The first kappa shape index (κ1) is 19.3. The molecule has 2 N–H and O–H groups in total. The minimum atomic E-state index is -0.0663. The Labute approximate surface area is 174 Å². The Morgan fingerprint density at radius 2 is 1.97 bits per heavy atom. The number of anilines is 1. The highest BCUT2D eigenvalue weighted by Crippen LogP contribution is 2.25. The number of nitrogens with zero attached hydrogens (tertiary/aromatic N) is 2. The summed E-state index contributed by atoms with van der Waals surface area (Å²) < 4.78 is 5.15. The lowest BCUT2D eigenvalue weighted by molar-refractivity contribution is 0.0933. The number of methoxy groups -OCH3 is 1. The normalized spacial score (nSPS) is 16.5. The van der Waals surface area contributed by atoms with Crippen molar-refractivity contribution in [2.24, 2.45) is 0 Å². The summed E-state index contributed by atoms with van der Waals surface area (Å²) in [5.41, 5.74) is 2.61. The molecule has 0 bridgehead atoms. The fraction of sp³-hybridized carbons (Fsp3) is 0.273. The average molecular weight is 411 g/mol. The van der Waals surface area contributed by atoms with Crippen LogP contribution in [-0.4, -0.2) is 42.3 Å². The number of piperidine rings is 1. The van der Waals surface area contributed by atoms with Gasteiger partial charge in [-0.3, -0.25) is 9.89 Å². The summed E-state index contributed by atoms with van der Waals surface area (Å²) in [7, 11) is 1.61. The highest BCUT2D eigenvalue weighted by atomic mass is 35.5. The van der Waals surface area contributed by atoms with E-state index in [2.05, 4.69) is 20.4 Å². The van der Waals surface area contributed by atoms with Gasteiger partial charge in [-0.05, 0) is 54.8 Å². The Morgan fingerprint density at radius 1 is 1.21 bits per heavy atom. The average Bonchev–Trinajstić information content (AvgIpc) is 3.25. The molecular formula is C22H23ClN4O2. The summed E-state index contributed by atoms with van der Waals surface area (Å²) in [5.74, 6) is 1.56. The van der Waals surface area contributed by atoms with Crippen molar-refractivity contribution in [1.29, 1.82) is 0 Å². The zero-order valence-corrected chi connectivity index (χ0v) is 16.9. The highest BCUT2D eigenvalue weighted by molar-refractivity contribution is 6.30. The van der Waals surface area contributed by atoms with E-state index in [9.17, 15) is 4.79 Å². The molecule has 2 aromatic carbocycles. The number of hydrogen-bond donors (Lipinski definition) is 2. The molecule has 0 unspecified atom stereocenters. The summed E-state index contributed by atoms with van der Waals surface area (Å²) in [4.78, 5) is 14.8. The van der Waals surface area contributed by atoms with Crippen LogP contribution >= 0.6 is 11.6 Å². The van der Waals surface area contributed by atoms with E-state index in [1.54, 1.807) is 31.4 Å². The van der Waals surface area contributed by atoms with Gasteiger partial charge in [0.1, 0.15) is 5.75 Å². The van der Waals surface area contributed by atoms with Crippen molar-refractivity contribution in [3.05, 3.63) is 65.2 Å². The molecule has 0 spiro atoms. The monoisotopic (exact) mass is 410 g/mol. The van der Waals surface area contributed by atoms with E-state index in [4.69, 9.17) is 16.3 Å². The summed E-state index contributed by atoms with van der Waals surface area (Å²) >= 11 is 5.97. The summed E-state index contributed by atoms with van der Waals surface area (Å²) in [6.45, 7) is 1.65. The zero-order valence-electron chi connectivity index (χ0n) is 16.2. The molecular weight excluding hydrogens is 388 g/mol. The number of nitrogens with one attached hydrogen (secondary N) is 2. The molecule has 1 aliphatic heterocycles. The molecule has 0 saturated carbocycles. The largest absolute Gasteiger partial charge is 0.497 e. The lowest BCUT2D eigenvalue weighted by Gasteiger charge is -2.33. The van der Waals surface area contributed by atoms with Crippen molar-refractivity contribution in [3.63, 3.8) is 0 Å². The van der Waals surface area contributed by atoms with Crippen LogP contribution in [0.4, 0.5) is 5.82 Å². The fourth-order valence-corrected chi connectivity index (χ4v) is 3.69. The maximum Gasteiger partial charge on any atom is 0.251 e. The quantitative estimate of drug-likeness (QED) is 0.663. The van der Waals surface area contributed by atoms with Gasteiger partial charge in [0.15, 0.2) is 5.82 Å². The Hall–Kier alpha value is -2.99. The number of carbonyl (C=O) groups excluding carboxylic acids is 1. The molecule has 3 aromatic rings. The molecule has 1 fully saturated rings. The molecule has 1 amide bonds. The van der Waals surface area contributed by atoms with Gasteiger partial charge in [0, 0.05) is 35.8 Å². The van der Waals surface area contributed by atoms with Gasteiger partial charge in [-0.1, -0.05) is 23.7 Å². The zero-order chi connectivity index (χ0) is 20.2. The third-order valence-electron chi connectivity index (χ3n) is 5.15. The molecule has 1 aliphatic rings. The van der Waals surface area contributed by atoms with Gasteiger partial charge in [-0.2, -0.15) is 5.10 Å². The van der Waals surface area contributed by atoms with Gasteiger partial charge >= 0.3 is 0 Å².